The minimum Gasteiger partial charge on any atom is -0.316 e. The van der Waals surface area contributed by atoms with Gasteiger partial charge in [0.2, 0.25) is 5.91 Å². The van der Waals surface area contributed by atoms with Crippen molar-refractivity contribution in [3.05, 3.63) is 52.6 Å². The molecule has 0 spiro atoms. The molecule has 2 bridgehead atoms. The Bertz CT molecular complexity index is 1060. The molecule has 2 aromatic rings. The lowest BCUT2D eigenvalue weighted by atomic mass is 9.93. The second-order valence-corrected chi connectivity index (χ2v) is 8.83. The van der Waals surface area contributed by atoms with E-state index < -0.39 is 17.3 Å². The van der Waals surface area contributed by atoms with Gasteiger partial charge in [0.15, 0.2) is 0 Å². The monoisotopic (exact) mass is 416 g/mol. The van der Waals surface area contributed by atoms with Crippen LogP contribution in [0.15, 0.2) is 30.4 Å². The summed E-state index contributed by atoms with van der Waals surface area (Å²) in [6, 6.07) is 6.96. The zero-order valence-corrected chi connectivity index (χ0v) is 16.7. The van der Waals surface area contributed by atoms with Crippen molar-refractivity contribution < 1.29 is 18.0 Å². The number of carbonyl (C=O) groups excluding carboxylic acids is 1. The number of hydrogen-bond donors (Lipinski definition) is 1. The zero-order valence-electron chi connectivity index (χ0n) is 15.9. The van der Waals surface area contributed by atoms with E-state index in [-0.39, 0.29) is 27.6 Å². The molecule has 1 aromatic carbocycles. The van der Waals surface area contributed by atoms with Crippen molar-refractivity contribution in [3.8, 4) is 16.5 Å². The first kappa shape index (κ1) is 19.7. The second kappa shape index (κ2) is 7.03. The number of benzene rings is 1. The fourth-order valence-electron chi connectivity index (χ4n) is 4.35. The molecule has 1 N–H and O–H groups in total. The highest BCUT2D eigenvalue weighted by atomic mass is 32.1. The summed E-state index contributed by atoms with van der Waals surface area (Å²) in [7, 11) is 0. The van der Waals surface area contributed by atoms with E-state index in [9.17, 15) is 23.2 Å². The first-order chi connectivity index (χ1) is 13.7. The van der Waals surface area contributed by atoms with Crippen LogP contribution in [0.25, 0.3) is 10.4 Å². The molecule has 0 aliphatic heterocycles. The maximum absolute atomic E-state index is 13.9. The highest BCUT2D eigenvalue weighted by Crippen LogP contribution is 2.49. The van der Waals surface area contributed by atoms with Crippen LogP contribution in [-0.4, -0.2) is 5.91 Å². The van der Waals surface area contributed by atoms with Crippen LogP contribution in [0.4, 0.5) is 18.2 Å². The number of allylic oxidation sites excluding steroid dienone is 2. The fourth-order valence-corrected chi connectivity index (χ4v) is 5.61. The molecular formula is C22H19F3N2OS. The van der Waals surface area contributed by atoms with Gasteiger partial charge < -0.3 is 5.32 Å². The zero-order chi connectivity index (χ0) is 20.9. The average Bonchev–Trinajstić information content (AvgIpc) is 3.36. The van der Waals surface area contributed by atoms with Gasteiger partial charge in [0.25, 0.3) is 0 Å². The number of hydrogen-bond acceptors (Lipinski definition) is 3. The maximum atomic E-state index is 13.9. The van der Waals surface area contributed by atoms with Crippen molar-refractivity contribution in [2.75, 3.05) is 5.32 Å². The number of halogens is 3. The fraction of sp³-hybridized carbons (Fsp3) is 0.364. The molecule has 0 radical (unpaired) electrons. The van der Waals surface area contributed by atoms with Crippen LogP contribution >= 0.6 is 11.3 Å². The Balaban J connectivity index is 1.78. The Morgan fingerprint density at radius 2 is 2.00 bits per heavy atom. The number of aryl methyl sites for hydroxylation is 2. The SMILES string of the molecule is Cc1ccc(C)c(-c2sc(NC(=O)[C@@H]3C[C@@H]4C=C[C@H]3C4)c(C#N)c2C(F)(F)F)c1. The molecule has 2 aliphatic rings. The Kier molecular flexibility index (Phi) is 4.78. The van der Waals surface area contributed by atoms with Crippen molar-refractivity contribution in [1.82, 2.24) is 0 Å². The van der Waals surface area contributed by atoms with Crippen molar-refractivity contribution in [3.63, 3.8) is 0 Å². The molecular weight excluding hydrogens is 397 g/mol. The third kappa shape index (κ3) is 3.46. The van der Waals surface area contributed by atoms with Gasteiger partial charge in [0, 0.05) is 5.92 Å². The predicted molar refractivity (Wildman–Crippen MR) is 106 cm³/mol. The Morgan fingerprint density at radius 1 is 1.24 bits per heavy atom. The Labute approximate surface area is 170 Å². The molecule has 0 saturated heterocycles. The van der Waals surface area contributed by atoms with E-state index in [2.05, 4.69) is 11.4 Å². The number of nitrogens with one attached hydrogen (secondary N) is 1. The van der Waals surface area contributed by atoms with E-state index >= 15 is 0 Å². The smallest absolute Gasteiger partial charge is 0.316 e. The second-order valence-electron chi connectivity index (χ2n) is 7.81. The molecule has 0 unspecified atom stereocenters. The number of thiophene rings is 1. The number of carbonyl (C=O) groups is 1. The molecule has 1 aromatic heterocycles. The van der Waals surface area contributed by atoms with Crippen molar-refractivity contribution in [2.24, 2.45) is 17.8 Å². The lowest BCUT2D eigenvalue weighted by Gasteiger charge is -2.17. The Morgan fingerprint density at radius 3 is 2.59 bits per heavy atom. The molecule has 3 atom stereocenters. The van der Waals surface area contributed by atoms with Gasteiger partial charge in [-0.25, -0.2) is 0 Å². The van der Waals surface area contributed by atoms with Gasteiger partial charge in [-0.2, -0.15) is 18.4 Å². The number of nitrogens with zero attached hydrogens (tertiary/aromatic N) is 1. The summed E-state index contributed by atoms with van der Waals surface area (Å²) < 4.78 is 41.8. The normalized spacial score (nSPS) is 22.7. The average molecular weight is 416 g/mol. The van der Waals surface area contributed by atoms with Crippen molar-refractivity contribution >= 4 is 22.2 Å². The number of anilines is 1. The van der Waals surface area contributed by atoms with Crippen molar-refractivity contribution in [2.45, 2.75) is 32.9 Å². The quantitative estimate of drug-likeness (QED) is 0.617. The summed E-state index contributed by atoms with van der Waals surface area (Å²) in [6.07, 6.45) is 1.03. The van der Waals surface area contributed by atoms with Gasteiger partial charge in [-0.05, 0) is 49.7 Å². The van der Waals surface area contributed by atoms with Crippen LogP contribution in [-0.2, 0) is 11.0 Å². The largest absolute Gasteiger partial charge is 0.419 e. The number of nitriles is 1. The van der Waals surface area contributed by atoms with Gasteiger partial charge in [-0.3, -0.25) is 4.79 Å². The lowest BCUT2D eigenvalue weighted by Crippen LogP contribution is -2.25. The Hall–Kier alpha value is -2.59. The molecule has 1 fully saturated rings. The van der Waals surface area contributed by atoms with E-state index in [1.165, 1.54) is 0 Å². The summed E-state index contributed by atoms with van der Waals surface area (Å²) in [4.78, 5) is 12.7. The number of alkyl halides is 3. The van der Waals surface area contributed by atoms with Crippen LogP contribution in [0.1, 0.15) is 35.1 Å². The van der Waals surface area contributed by atoms with E-state index in [4.69, 9.17) is 0 Å². The predicted octanol–water partition coefficient (Wildman–Crippen LogP) is 6.07. The highest BCUT2D eigenvalue weighted by Gasteiger charge is 2.43. The van der Waals surface area contributed by atoms with Gasteiger partial charge in [-0.1, -0.05) is 35.9 Å². The van der Waals surface area contributed by atoms with Gasteiger partial charge in [0.1, 0.15) is 11.1 Å². The molecule has 29 heavy (non-hydrogen) atoms. The van der Waals surface area contributed by atoms with Crippen LogP contribution in [0.5, 0.6) is 0 Å². The van der Waals surface area contributed by atoms with Crippen molar-refractivity contribution in [1.29, 1.82) is 5.26 Å². The van der Waals surface area contributed by atoms with E-state index in [0.717, 1.165) is 23.3 Å². The van der Waals surface area contributed by atoms with Crippen LogP contribution in [0.2, 0.25) is 0 Å². The summed E-state index contributed by atoms with van der Waals surface area (Å²) in [6.45, 7) is 3.54. The molecule has 150 valence electrons. The molecule has 3 nitrogen and oxygen atoms in total. The molecule has 1 heterocycles. The third-order valence-corrected chi connectivity index (χ3v) is 6.93. The molecule has 2 aliphatic carbocycles. The van der Waals surface area contributed by atoms with E-state index in [0.29, 0.717) is 23.5 Å². The minimum atomic E-state index is -4.70. The third-order valence-electron chi connectivity index (χ3n) is 5.79. The standard InChI is InChI=1S/C22H19F3N2OS/c1-11-3-4-12(2)15(7-11)19-18(22(23,24)25)17(10-26)21(29-19)27-20(28)16-9-13-5-6-14(16)8-13/h3-7,13-14,16H,8-9H2,1-2H3,(H,27,28)/t13-,14+,16-/m1/s1. The van der Waals surface area contributed by atoms with Crippen LogP contribution < -0.4 is 5.32 Å². The summed E-state index contributed by atoms with van der Waals surface area (Å²) >= 11 is 0.828. The summed E-state index contributed by atoms with van der Waals surface area (Å²) in [5.41, 5.74) is 0.461. The number of amides is 1. The molecule has 4 rings (SSSR count). The maximum Gasteiger partial charge on any atom is 0.419 e. The topological polar surface area (TPSA) is 52.9 Å². The van der Waals surface area contributed by atoms with Gasteiger partial charge >= 0.3 is 6.18 Å². The lowest BCUT2D eigenvalue weighted by molar-refractivity contribution is -0.137. The molecule has 1 saturated carbocycles. The number of fused-ring (bicyclic) bond motifs is 2. The van der Waals surface area contributed by atoms with Crippen LogP contribution in [0.3, 0.4) is 0 Å². The van der Waals surface area contributed by atoms with Crippen LogP contribution in [0, 0.1) is 42.9 Å². The molecule has 7 heteroatoms. The van der Waals surface area contributed by atoms with E-state index in [1.54, 1.807) is 32.0 Å². The van der Waals surface area contributed by atoms with Gasteiger partial charge in [0.05, 0.1) is 16.0 Å². The summed E-state index contributed by atoms with van der Waals surface area (Å²) in [5.74, 6) is -0.0604. The van der Waals surface area contributed by atoms with E-state index in [1.807, 2.05) is 12.1 Å². The van der Waals surface area contributed by atoms with Gasteiger partial charge in [-0.15, -0.1) is 11.3 Å². The first-order valence-corrected chi connectivity index (χ1v) is 10.2. The highest BCUT2D eigenvalue weighted by molar-refractivity contribution is 7.20. The minimum absolute atomic E-state index is 0.0208. The molecule has 1 amide bonds. The first-order valence-electron chi connectivity index (χ1n) is 9.40. The number of rotatable bonds is 3. The summed E-state index contributed by atoms with van der Waals surface area (Å²) in [5, 5.41) is 12.2.